The predicted molar refractivity (Wildman–Crippen MR) is 67.2 cm³/mol. The molecule has 0 radical (unpaired) electrons. The summed E-state index contributed by atoms with van der Waals surface area (Å²) in [5.74, 6) is 0. The summed E-state index contributed by atoms with van der Waals surface area (Å²) in [7, 11) is 0. The van der Waals surface area contributed by atoms with Gasteiger partial charge in [-0.15, -0.1) is 11.3 Å². The third-order valence-corrected chi connectivity index (χ3v) is 3.97. The van der Waals surface area contributed by atoms with E-state index >= 15 is 0 Å². The highest BCUT2D eigenvalue weighted by molar-refractivity contribution is 7.71. The van der Waals surface area contributed by atoms with E-state index in [9.17, 15) is 0 Å². The van der Waals surface area contributed by atoms with Gasteiger partial charge in [0.05, 0.1) is 9.21 Å². The highest BCUT2D eigenvalue weighted by Gasteiger charge is 2.09. The topological polar surface area (TPSA) is 28.7 Å². The minimum Gasteiger partial charge on any atom is -0.267 e. The lowest BCUT2D eigenvalue weighted by molar-refractivity contribution is 0.990. The standard InChI is InChI=1S/C10H9ClN2S2/c1-5-6(2)10(14)13-12-9(5)7-3-4-8(11)15-7/h3-4H,1-2H3,(H,13,14). The van der Waals surface area contributed by atoms with Gasteiger partial charge in [-0.05, 0) is 37.1 Å². The summed E-state index contributed by atoms with van der Waals surface area (Å²) in [4.78, 5) is 1.06. The Morgan fingerprint density at radius 3 is 2.67 bits per heavy atom. The molecule has 2 aromatic rings. The number of H-pyrrole nitrogens is 1. The maximum Gasteiger partial charge on any atom is 0.122 e. The maximum atomic E-state index is 5.89. The van der Waals surface area contributed by atoms with Crippen molar-refractivity contribution in [1.29, 1.82) is 0 Å². The van der Waals surface area contributed by atoms with Crippen molar-refractivity contribution in [3.8, 4) is 10.6 Å². The monoisotopic (exact) mass is 256 g/mol. The van der Waals surface area contributed by atoms with E-state index in [2.05, 4.69) is 10.2 Å². The van der Waals surface area contributed by atoms with Crippen LogP contribution in [-0.2, 0) is 0 Å². The van der Waals surface area contributed by atoms with E-state index < -0.39 is 0 Å². The summed E-state index contributed by atoms with van der Waals surface area (Å²) in [6.07, 6.45) is 0. The first kappa shape index (κ1) is 10.8. The van der Waals surface area contributed by atoms with Crippen LogP contribution in [0.15, 0.2) is 12.1 Å². The smallest absolute Gasteiger partial charge is 0.122 e. The average Bonchev–Trinajstić information content (AvgIpc) is 2.61. The van der Waals surface area contributed by atoms with Crippen molar-refractivity contribution >= 4 is 35.2 Å². The van der Waals surface area contributed by atoms with Crippen LogP contribution in [0.3, 0.4) is 0 Å². The number of thiophene rings is 1. The predicted octanol–water partition coefficient (Wildman–Crippen LogP) is 4.14. The Morgan fingerprint density at radius 1 is 1.33 bits per heavy atom. The van der Waals surface area contributed by atoms with Crippen molar-refractivity contribution in [2.45, 2.75) is 13.8 Å². The number of hydrogen-bond donors (Lipinski definition) is 1. The molecule has 0 aliphatic rings. The Kier molecular flexibility index (Phi) is 2.91. The molecule has 0 aliphatic carbocycles. The van der Waals surface area contributed by atoms with Crippen LogP contribution in [0.25, 0.3) is 10.6 Å². The van der Waals surface area contributed by atoms with Crippen LogP contribution < -0.4 is 0 Å². The van der Waals surface area contributed by atoms with Crippen LogP contribution in [0.2, 0.25) is 4.34 Å². The van der Waals surface area contributed by atoms with E-state index in [1.54, 1.807) is 0 Å². The molecule has 0 amide bonds. The van der Waals surface area contributed by atoms with Crippen molar-refractivity contribution in [3.05, 3.63) is 32.2 Å². The minimum absolute atomic E-state index is 0.693. The zero-order valence-corrected chi connectivity index (χ0v) is 10.7. The van der Waals surface area contributed by atoms with E-state index in [0.717, 1.165) is 26.0 Å². The second-order valence-electron chi connectivity index (χ2n) is 3.26. The molecule has 0 saturated carbocycles. The van der Waals surface area contributed by atoms with Gasteiger partial charge in [0.15, 0.2) is 0 Å². The number of aromatic amines is 1. The maximum absolute atomic E-state index is 5.89. The lowest BCUT2D eigenvalue weighted by Gasteiger charge is -2.04. The molecule has 78 valence electrons. The first-order chi connectivity index (χ1) is 7.09. The molecule has 2 nitrogen and oxygen atoms in total. The molecule has 2 rings (SSSR count). The number of nitrogens with zero attached hydrogens (tertiary/aromatic N) is 1. The highest BCUT2D eigenvalue weighted by Crippen LogP contribution is 2.31. The Hall–Kier alpha value is -0.710. The second-order valence-corrected chi connectivity index (χ2v) is 5.38. The molecule has 0 aliphatic heterocycles. The number of nitrogens with one attached hydrogen (secondary N) is 1. The molecule has 2 heterocycles. The van der Waals surface area contributed by atoms with E-state index in [1.165, 1.54) is 11.3 Å². The summed E-state index contributed by atoms with van der Waals surface area (Å²) < 4.78 is 1.46. The highest BCUT2D eigenvalue weighted by atomic mass is 35.5. The fourth-order valence-corrected chi connectivity index (χ4v) is 2.59. The summed E-state index contributed by atoms with van der Waals surface area (Å²) >= 11 is 12.5. The van der Waals surface area contributed by atoms with Gasteiger partial charge in [0.2, 0.25) is 0 Å². The third kappa shape index (κ3) is 1.97. The molecule has 2 aromatic heterocycles. The molecule has 0 unspecified atom stereocenters. The molecule has 0 bridgehead atoms. The van der Waals surface area contributed by atoms with Crippen LogP contribution in [0.5, 0.6) is 0 Å². The molecule has 5 heteroatoms. The Bertz CT molecular complexity index is 557. The van der Waals surface area contributed by atoms with Gasteiger partial charge in [0.25, 0.3) is 0 Å². The summed E-state index contributed by atoms with van der Waals surface area (Å²) in [6, 6.07) is 3.85. The number of aromatic nitrogens is 2. The van der Waals surface area contributed by atoms with Crippen LogP contribution in [0.4, 0.5) is 0 Å². The number of rotatable bonds is 1. The zero-order chi connectivity index (χ0) is 11.0. The van der Waals surface area contributed by atoms with Gasteiger partial charge in [0, 0.05) is 0 Å². The van der Waals surface area contributed by atoms with Crippen molar-refractivity contribution in [3.63, 3.8) is 0 Å². The van der Waals surface area contributed by atoms with Crippen LogP contribution >= 0.6 is 35.2 Å². The number of halogens is 1. The van der Waals surface area contributed by atoms with Gasteiger partial charge in [-0.3, -0.25) is 5.10 Å². The summed E-state index contributed by atoms with van der Waals surface area (Å²) in [6.45, 7) is 4.02. The summed E-state index contributed by atoms with van der Waals surface area (Å²) in [5.41, 5.74) is 3.11. The fourth-order valence-electron chi connectivity index (χ4n) is 1.30. The van der Waals surface area contributed by atoms with Crippen molar-refractivity contribution in [1.82, 2.24) is 10.2 Å². The SMILES string of the molecule is Cc1c(-c2ccc(Cl)s2)n[nH]c(=S)c1C. The molecule has 0 spiro atoms. The van der Waals surface area contributed by atoms with Gasteiger partial charge < -0.3 is 0 Å². The largest absolute Gasteiger partial charge is 0.267 e. The number of hydrogen-bond acceptors (Lipinski definition) is 3. The molecule has 0 fully saturated rings. The third-order valence-electron chi connectivity index (χ3n) is 2.33. The first-order valence-electron chi connectivity index (χ1n) is 4.41. The first-order valence-corrected chi connectivity index (χ1v) is 6.01. The Morgan fingerprint density at radius 2 is 2.07 bits per heavy atom. The minimum atomic E-state index is 0.693. The van der Waals surface area contributed by atoms with E-state index in [4.69, 9.17) is 23.8 Å². The van der Waals surface area contributed by atoms with Crippen molar-refractivity contribution in [2.75, 3.05) is 0 Å². The molecular weight excluding hydrogens is 248 g/mol. The van der Waals surface area contributed by atoms with Crippen LogP contribution in [0.1, 0.15) is 11.1 Å². The molecule has 15 heavy (non-hydrogen) atoms. The normalized spacial score (nSPS) is 10.6. The van der Waals surface area contributed by atoms with Gasteiger partial charge >= 0.3 is 0 Å². The quantitative estimate of drug-likeness (QED) is 0.777. The van der Waals surface area contributed by atoms with E-state index in [1.807, 2.05) is 26.0 Å². The Labute approximate surface area is 102 Å². The van der Waals surface area contributed by atoms with Crippen LogP contribution in [0, 0.1) is 18.5 Å². The van der Waals surface area contributed by atoms with Gasteiger partial charge in [-0.25, -0.2) is 0 Å². The van der Waals surface area contributed by atoms with Gasteiger partial charge in [-0.2, -0.15) is 5.10 Å². The Balaban J connectivity index is 2.64. The summed E-state index contributed by atoms with van der Waals surface area (Å²) in [5, 5.41) is 7.09. The average molecular weight is 257 g/mol. The molecule has 0 aromatic carbocycles. The zero-order valence-electron chi connectivity index (χ0n) is 8.30. The molecule has 0 saturated heterocycles. The molecule has 1 N–H and O–H groups in total. The second kappa shape index (κ2) is 4.04. The fraction of sp³-hybridized carbons (Fsp3) is 0.200. The van der Waals surface area contributed by atoms with Crippen LogP contribution in [-0.4, -0.2) is 10.2 Å². The lowest BCUT2D eigenvalue weighted by Crippen LogP contribution is -1.94. The lowest BCUT2D eigenvalue weighted by atomic mass is 10.1. The molecular formula is C10H9ClN2S2. The van der Waals surface area contributed by atoms with Gasteiger partial charge in [-0.1, -0.05) is 23.8 Å². The van der Waals surface area contributed by atoms with E-state index in [-0.39, 0.29) is 0 Å². The molecule has 0 atom stereocenters. The van der Waals surface area contributed by atoms with Crippen molar-refractivity contribution in [2.24, 2.45) is 0 Å². The van der Waals surface area contributed by atoms with E-state index in [0.29, 0.717) is 4.64 Å². The van der Waals surface area contributed by atoms with Crippen molar-refractivity contribution < 1.29 is 0 Å². The van der Waals surface area contributed by atoms with Gasteiger partial charge in [0.1, 0.15) is 10.3 Å².